The van der Waals surface area contributed by atoms with Gasteiger partial charge in [-0.25, -0.2) is 8.42 Å². The summed E-state index contributed by atoms with van der Waals surface area (Å²) in [6, 6.07) is 10.2. The quantitative estimate of drug-likeness (QED) is 0.291. The summed E-state index contributed by atoms with van der Waals surface area (Å²) in [5, 5.41) is 14.2. The fourth-order valence-corrected chi connectivity index (χ4v) is 4.28. The Labute approximate surface area is 180 Å². The molecule has 2 N–H and O–H groups in total. The SMILES string of the molecule is CCCCN(CCN=[N+]=[N-])C(=O)C(CC(=O)O)NS(=O)(=O)c1ccc2ccccc2c1. The van der Waals surface area contributed by atoms with Gasteiger partial charge in [-0.15, -0.1) is 0 Å². The zero-order chi connectivity index (χ0) is 22.9. The van der Waals surface area contributed by atoms with Gasteiger partial charge in [0.15, 0.2) is 0 Å². The zero-order valence-electron chi connectivity index (χ0n) is 17.1. The Morgan fingerprint density at radius 1 is 1.19 bits per heavy atom. The molecule has 0 aromatic heterocycles. The van der Waals surface area contributed by atoms with E-state index in [0.717, 1.165) is 11.8 Å². The molecule has 10 nitrogen and oxygen atoms in total. The van der Waals surface area contributed by atoms with E-state index in [4.69, 9.17) is 5.53 Å². The Balaban J connectivity index is 2.30. The number of hydrogen-bond acceptors (Lipinski definition) is 5. The number of unbranched alkanes of at least 4 members (excludes halogenated alkanes) is 1. The van der Waals surface area contributed by atoms with Gasteiger partial charge in [0.1, 0.15) is 6.04 Å². The first-order valence-electron chi connectivity index (χ1n) is 9.81. The predicted octanol–water partition coefficient (Wildman–Crippen LogP) is 2.90. The van der Waals surface area contributed by atoms with E-state index in [2.05, 4.69) is 14.7 Å². The van der Waals surface area contributed by atoms with Crippen molar-refractivity contribution in [2.45, 2.75) is 37.1 Å². The monoisotopic (exact) mass is 447 g/mol. The van der Waals surface area contributed by atoms with Crippen molar-refractivity contribution in [2.24, 2.45) is 5.11 Å². The van der Waals surface area contributed by atoms with Crippen LogP contribution in [0.3, 0.4) is 0 Å². The number of fused-ring (bicyclic) bond motifs is 1. The van der Waals surface area contributed by atoms with Gasteiger partial charge < -0.3 is 10.0 Å². The van der Waals surface area contributed by atoms with Crippen molar-refractivity contribution in [2.75, 3.05) is 19.6 Å². The van der Waals surface area contributed by atoms with Gasteiger partial charge >= 0.3 is 5.97 Å². The molecule has 0 saturated heterocycles. The Kier molecular flexibility index (Phi) is 8.80. The number of hydrogen-bond donors (Lipinski definition) is 2. The maximum absolute atomic E-state index is 13.0. The molecule has 0 bridgehead atoms. The van der Waals surface area contributed by atoms with Gasteiger partial charge in [-0.1, -0.05) is 48.8 Å². The molecule has 0 aliphatic rings. The molecular weight excluding hydrogens is 422 g/mol. The fraction of sp³-hybridized carbons (Fsp3) is 0.400. The van der Waals surface area contributed by atoms with Crippen LogP contribution in [0.5, 0.6) is 0 Å². The standard InChI is InChI=1S/C20H25N5O5S/c1-2-3-11-25(12-10-22-24-21)20(28)18(14-19(26)27)23-31(29,30)17-9-8-15-6-4-5-7-16(15)13-17/h4-9,13,18,23H,2-3,10-12,14H2,1H3,(H,26,27). The Morgan fingerprint density at radius 3 is 2.55 bits per heavy atom. The normalized spacial score (nSPS) is 12.2. The van der Waals surface area contributed by atoms with Crippen LogP contribution in [0.15, 0.2) is 52.5 Å². The van der Waals surface area contributed by atoms with Crippen molar-refractivity contribution in [1.29, 1.82) is 0 Å². The van der Waals surface area contributed by atoms with Crippen LogP contribution in [0.2, 0.25) is 0 Å². The number of carbonyl (C=O) groups is 2. The number of azide groups is 1. The molecule has 0 heterocycles. The maximum Gasteiger partial charge on any atom is 0.305 e. The van der Waals surface area contributed by atoms with E-state index >= 15 is 0 Å². The first-order chi connectivity index (χ1) is 14.8. The lowest BCUT2D eigenvalue weighted by atomic mass is 10.1. The number of carbonyl (C=O) groups excluding carboxylic acids is 1. The minimum Gasteiger partial charge on any atom is -0.481 e. The van der Waals surface area contributed by atoms with Crippen LogP contribution >= 0.6 is 0 Å². The molecule has 1 unspecified atom stereocenters. The Hall–Kier alpha value is -3.14. The van der Waals surface area contributed by atoms with Crippen LogP contribution in [0.4, 0.5) is 0 Å². The summed E-state index contributed by atoms with van der Waals surface area (Å²) in [6.07, 6.45) is 0.701. The second-order valence-electron chi connectivity index (χ2n) is 6.91. The first-order valence-corrected chi connectivity index (χ1v) is 11.3. The van der Waals surface area contributed by atoms with Crippen LogP contribution in [-0.4, -0.2) is 56.0 Å². The van der Waals surface area contributed by atoms with Crippen LogP contribution < -0.4 is 4.72 Å². The van der Waals surface area contributed by atoms with Crippen LogP contribution in [0.25, 0.3) is 21.2 Å². The molecule has 0 aliphatic heterocycles. The highest BCUT2D eigenvalue weighted by Gasteiger charge is 2.31. The molecule has 0 radical (unpaired) electrons. The largest absolute Gasteiger partial charge is 0.481 e. The van der Waals surface area contributed by atoms with E-state index in [1.807, 2.05) is 19.1 Å². The van der Waals surface area contributed by atoms with Crippen molar-refractivity contribution in [3.05, 3.63) is 52.9 Å². The van der Waals surface area contributed by atoms with E-state index < -0.39 is 34.4 Å². The average molecular weight is 448 g/mol. The number of sulfonamides is 1. The number of amides is 1. The Morgan fingerprint density at radius 2 is 1.90 bits per heavy atom. The molecular formula is C20H25N5O5S. The van der Waals surface area contributed by atoms with Crippen molar-refractivity contribution < 1.29 is 23.1 Å². The van der Waals surface area contributed by atoms with Crippen molar-refractivity contribution in [3.8, 4) is 0 Å². The van der Waals surface area contributed by atoms with Crippen molar-refractivity contribution >= 4 is 32.7 Å². The zero-order valence-corrected chi connectivity index (χ0v) is 18.0. The third-order valence-electron chi connectivity index (χ3n) is 4.63. The second kappa shape index (κ2) is 11.3. The molecule has 31 heavy (non-hydrogen) atoms. The number of carboxylic acids is 1. The van der Waals surface area contributed by atoms with E-state index in [0.29, 0.717) is 18.4 Å². The van der Waals surface area contributed by atoms with E-state index in [1.165, 1.54) is 17.0 Å². The molecule has 0 saturated carbocycles. The lowest BCUT2D eigenvalue weighted by Crippen LogP contribution is -2.50. The number of rotatable bonds is 12. The fourth-order valence-electron chi connectivity index (χ4n) is 3.06. The molecule has 1 amide bonds. The third-order valence-corrected chi connectivity index (χ3v) is 6.10. The van der Waals surface area contributed by atoms with Crippen molar-refractivity contribution in [3.63, 3.8) is 0 Å². The lowest BCUT2D eigenvalue weighted by Gasteiger charge is -2.27. The summed E-state index contributed by atoms with van der Waals surface area (Å²) >= 11 is 0. The highest BCUT2D eigenvalue weighted by atomic mass is 32.2. The van der Waals surface area contributed by atoms with Gasteiger partial charge in [0.05, 0.1) is 11.3 Å². The minimum absolute atomic E-state index is 0.00315. The predicted molar refractivity (Wildman–Crippen MR) is 116 cm³/mol. The van der Waals surface area contributed by atoms with Crippen LogP contribution in [-0.2, 0) is 19.6 Å². The van der Waals surface area contributed by atoms with Gasteiger partial charge in [-0.05, 0) is 34.9 Å². The maximum atomic E-state index is 13.0. The van der Waals surface area contributed by atoms with Gasteiger partial charge in [0.25, 0.3) is 0 Å². The summed E-state index contributed by atoms with van der Waals surface area (Å²) in [5.41, 5.74) is 8.46. The number of nitrogens with one attached hydrogen (secondary N) is 1. The number of benzene rings is 2. The number of aliphatic carboxylic acids is 1. The van der Waals surface area contributed by atoms with Crippen LogP contribution in [0.1, 0.15) is 26.2 Å². The molecule has 1 atom stereocenters. The van der Waals surface area contributed by atoms with E-state index in [9.17, 15) is 23.1 Å². The van der Waals surface area contributed by atoms with Crippen LogP contribution in [0, 0.1) is 0 Å². The molecule has 0 spiro atoms. The summed E-state index contributed by atoms with van der Waals surface area (Å²) in [5.74, 6) is -1.99. The first kappa shape index (κ1) is 24.1. The second-order valence-corrected chi connectivity index (χ2v) is 8.63. The smallest absolute Gasteiger partial charge is 0.305 e. The van der Waals surface area contributed by atoms with E-state index in [1.54, 1.807) is 18.2 Å². The van der Waals surface area contributed by atoms with Crippen molar-refractivity contribution in [1.82, 2.24) is 9.62 Å². The number of nitrogens with zero attached hydrogens (tertiary/aromatic N) is 4. The molecule has 0 aliphatic carbocycles. The Bertz CT molecular complexity index is 1080. The molecule has 0 fully saturated rings. The minimum atomic E-state index is -4.16. The molecule has 2 aromatic carbocycles. The van der Waals surface area contributed by atoms with Gasteiger partial charge in [-0.3, -0.25) is 9.59 Å². The van der Waals surface area contributed by atoms with Gasteiger partial charge in [0.2, 0.25) is 15.9 Å². The highest BCUT2D eigenvalue weighted by Crippen LogP contribution is 2.19. The lowest BCUT2D eigenvalue weighted by molar-refractivity contribution is -0.142. The molecule has 2 rings (SSSR count). The van der Waals surface area contributed by atoms with Gasteiger partial charge in [0, 0.05) is 24.5 Å². The highest BCUT2D eigenvalue weighted by molar-refractivity contribution is 7.89. The van der Waals surface area contributed by atoms with E-state index in [-0.39, 0.29) is 18.0 Å². The molecule has 166 valence electrons. The summed E-state index contributed by atoms with van der Waals surface area (Å²) in [7, 11) is -4.16. The molecule has 11 heteroatoms. The number of carboxylic acid groups (broad SMARTS) is 1. The third kappa shape index (κ3) is 6.95. The molecule has 2 aromatic rings. The topological polar surface area (TPSA) is 153 Å². The summed E-state index contributed by atoms with van der Waals surface area (Å²) < 4.78 is 28.1. The summed E-state index contributed by atoms with van der Waals surface area (Å²) in [6.45, 7) is 2.29. The summed E-state index contributed by atoms with van der Waals surface area (Å²) in [4.78, 5) is 28.2. The average Bonchev–Trinajstić information content (AvgIpc) is 2.74. The van der Waals surface area contributed by atoms with Gasteiger partial charge in [-0.2, -0.15) is 4.72 Å².